The summed E-state index contributed by atoms with van der Waals surface area (Å²) in [7, 11) is 0. The number of thiol groups is 1. The van der Waals surface area contributed by atoms with Gasteiger partial charge in [-0.15, -0.1) is 12.6 Å². The van der Waals surface area contributed by atoms with Crippen LogP contribution in [0.3, 0.4) is 0 Å². The molecule has 0 heterocycles. The fourth-order valence-corrected chi connectivity index (χ4v) is 1.67. The number of esters is 1. The van der Waals surface area contributed by atoms with Gasteiger partial charge in [-0.05, 0) is 18.6 Å². The van der Waals surface area contributed by atoms with Crippen LogP contribution in [0.25, 0.3) is 0 Å². The van der Waals surface area contributed by atoms with E-state index in [-0.39, 0.29) is 12.4 Å². The Labute approximate surface area is 104 Å². The van der Waals surface area contributed by atoms with Crippen molar-refractivity contribution < 1.29 is 9.53 Å². The lowest BCUT2D eigenvalue weighted by Gasteiger charge is -2.07. The van der Waals surface area contributed by atoms with Crippen molar-refractivity contribution in [1.29, 1.82) is 5.26 Å². The minimum atomic E-state index is -0.367. The number of benzene rings is 1. The molecule has 0 amide bonds. The van der Waals surface area contributed by atoms with Gasteiger partial charge in [0.05, 0.1) is 23.6 Å². The molecule has 1 rings (SSSR count). The maximum atomic E-state index is 11.3. The molecule has 0 aliphatic carbocycles. The molecule has 0 fully saturated rings. The number of rotatable bonds is 3. The monoisotopic (exact) mass is 255 g/mol. The molecule has 0 N–H and O–H groups in total. The highest BCUT2D eigenvalue weighted by Crippen LogP contribution is 2.26. The first-order valence-corrected chi connectivity index (χ1v) is 5.48. The molecule has 0 atom stereocenters. The zero-order chi connectivity index (χ0) is 12.1. The van der Waals surface area contributed by atoms with Gasteiger partial charge in [-0.1, -0.05) is 17.7 Å². The molecule has 0 saturated heterocycles. The minimum Gasteiger partial charge on any atom is -0.466 e. The molecule has 1 aromatic carbocycles. The van der Waals surface area contributed by atoms with Crippen LogP contribution < -0.4 is 0 Å². The predicted molar refractivity (Wildman–Crippen MR) is 63.8 cm³/mol. The molecule has 0 spiro atoms. The van der Waals surface area contributed by atoms with E-state index >= 15 is 0 Å². The van der Waals surface area contributed by atoms with Crippen LogP contribution in [0.2, 0.25) is 5.02 Å². The Balaban J connectivity index is 3.02. The molecule has 0 saturated carbocycles. The Morgan fingerprint density at radius 1 is 1.62 bits per heavy atom. The van der Waals surface area contributed by atoms with Crippen LogP contribution in [0.1, 0.15) is 18.1 Å². The fourth-order valence-electron chi connectivity index (χ4n) is 1.25. The van der Waals surface area contributed by atoms with E-state index in [1.54, 1.807) is 19.1 Å². The van der Waals surface area contributed by atoms with Crippen LogP contribution in [-0.4, -0.2) is 12.6 Å². The van der Waals surface area contributed by atoms with Crippen LogP contribution in [0.15, 0.2) is 17.0 Å². The van der Waals surface area contributed by atoms with Crippen LogP contribution in [0.5, 0.6) is 0 Å². The zero-order valence-corrected chi connectivity index (χ0v) is 10.3. The predicted octanol–water partition coefficient (Wildman–Crippen LogP) is 2.61. The highest BCUT2D eigenvalue weighted by atomic mass is 35.5. The van der Waals surface area contributed by atoms with Gasteiger partial charge in [0.1, 0.15) is 6.07 Å². The molecule has 0 aliphatic rings. The average Bonchev–Trinajstić information content (AvgIpc) is 2.24. The normalized spacial score (nSPS) is 9.62. The highest BCUT2D eigenvalue weighted by Gasteiger charge is 2.13. The lowest BCUT2D eigenvalue weighted by Crippen LogP contribution is -2.09. The molecule has 0 bridgehead atoms. The molecule has 0 unspecified atom stereocenters. The Morgan fingerprint density at radius 3 is 2.88 bits per heavy atom. The van der Waals surface area contributed by atoms with E-state index in [4.69, 9.17) is 21.6 Å². The summed E-state index contributed by atoms with van der Waals surface area (Å²) in [6, 6.07) is 5.23. The van der Waals surface area contributed by atoms with Crippen LogP contribution in [-0.2, 0) is 16.0 Å². The second-order valence-corrected chi connectivity index (χ2v) is 3.88. The van der Waals surface area contributed by atoms with Gasteiger partial charge in [-0.3, -0.25) is 4.79 Å². The lowest BCUT2D eigenvalue weighted by atomic mass is 10.1. The van der Waals surface area contributed by atoms with Crippen molar-refractivity contribution in [2.75, 3.05) is 6.61 Å². The lowest BCUT2D eigenvalue weighted by molar-refractivity contribution is -0.142. The number of carbonyl (C=O) groups is 1. The standard InChI is InChI=1S/C11H10ClNO2S/c1-2-15-10(14)5-7-3-4-9(12)11(16)8(7)6-13/h3-4,16H,2,5H2,1H3. The minimum absolute atomic E-state index is 0.0570. The fraction of sp³-hybridized carbons (Fsp3) is 0.273. The number of hydrogen-bond donors (Lipinski definition) is 1. The van der Waals surface area contributed by atoms with Gasteiger partial charge in [-0.25, -0.2) is 0 Å². The number of carbonyl (C=O) groups excluding carboxylic acids is 1. The molecule has 0 aliphatic heterocycles. The van der Waals surface area contributed by atoms with E-state index in [1.807, 2.05) is 6.07 Å². The van der Waals surface area contributed by atoms with Crippen LogP contribution in [0, 0.1) is 11.3 Å². The molecular weight excluding hydrogens is 246 g/mol. The van der Waals surface area contributed by atoms with E-state index in [9.17, 15) is 4.79 Å². The molecular formula is C11H10ClNO2S. The number of halogens is 1. The number of nitriles is 1. The van der Waals surface area contributed by atoms with Crippen molar-refractivity contribution in [2.45, 2.75) is 18.2 Å². The SMILES string of the molecule is CCOC(=O)Cc1ccc(Cl)c(S)c1C#N. The molecule has 0 radical (unpaired) electrons. The summed E-state index contributed by atoms with van der Waals surface area (Å²) < 4.78 is 4.81. The average molecular weight is 256 g/mol. The second-order valence-electron chi connectivity index (χ2n) is 3.02. The molecule has 3 nitrogen and oxygen atoms in total. The Hall–Kier alpha value is -1.18. The van der Waals surface area contributed by atoms with E-state index in [2.05, 4.69) is 12.6 Å². The smallest absolute Gasteiger partial charge is 0.310 e. The van der Waals surface area contributed by atoms with Gasteiger partial charge >= 0.3 is 5.97 Å². The van der Waals surface area contributed by atoms with Crippen molar-refractivity contribution >= 4 is 30.2 Å². The summed E-state index contributed by atoms with van der Waals surface area (Å²) in [5.41, 5.74) is 0.902. The summed E-state index contributed by atoms with van der Waals surface area (Å²) in [4.78, 5) is 11.7. The Kier molecular flexibility index (Phi) is 4.66. The van der Waals surface area contributed by atoms with E-state index < -0.39 is 0 Å². The molecule has 16 heavy (non-hydrogen) atoms. The van der Waals surface area contributed by atoms with Crippen molar-refractivity contribution in [3.63, 3.8) is 0 Å². The first-order valence-electron chi connectivity index (χ1n) is 4.66. The van der Waals surface area contributed by atoms with Crippen LogP contribution >= 0.6 is 24.2 Å². The van der Waals surface area contributed by atoms with Gasteiger partial charge in [-0.2, -0.15) is 5.26 Å². The molecule has 1 aromatic rings. The van der Waals surface area contributed by atoms with Crippen molar-refractivity contribution in [3.8, 4) is 6.07 Å². The summed E-state index contributed by atoms with van der Waals surface area (Å²) in [5, 5.41) is 9.35. The summed E-state index contributed by atoms with van der Waals surface area (Å²) >= 11 is 9.95. The third-order valence-corrected chi connectivity index (χ3v) is 2.88. The summed E-state index contributed by atoms with van der Waals surface area (Å²) in [6.45, 7) is 2.05. The Bertz CT molecular complexity index is 454. The summed E-state index contributed by atoms with van der Waals surface area (Å²) in [6.07, 6.45) is 0.0570. The second kappa shape index (κ2) is 5.78. The third-order valence-electron chi connectivity index (χ3n) is 1.97. The van der Waals surface area contributed by atoms with Crippen LogP contribution in [0.4, 0.5) is 0 Å². The first-order chi connectivity index (χ1) is 7.60. The number of ether oxygens (including phenoxy) is 1. The number of hydrogen-bond acceptors (Lipinski definition) is 4. The van der Waals surface area contributed by atoms with E-state index in [1.165, 1.54) is 0 Å². The maximum absolute atomic E-state index is 11.3. The highest BCUT2D eigenvalue weighted by molar-refractivity contribution is 7.80. The van der Waals surface area contributed by atoms with E-state index in [0.717, 1.165) is 0 Å². The van der Waals surface area contributed by atoms with Gasteiger partial charge in [0, 0.05) is 4.90 Å². The largest absolute Gasteiger partial charge is 0.466 e. The van der Waals surface area contributed by atoms with Gasteiger partial charge in [0.2, 0.25) is 0 Å². The third kappa shape index (κ3) is 2.91. The first kappa shape index (κ1) is 12.9. The molecule has 5 heteroatoms. The quantitative estimate of drug-likeness (QED) is 0.667. The van der Waals surface area contributed by atoms with Gasteiger partial charge in [0.25, 0.3) is 0 Å². The Morgan fingerprint density at radius 2 is 2.31 bits per heavy atom. The number of nitrogens with zero attached hydrogens (tertiary/aromatic N) is 1. The molecule has 84 valence electrons. The zero-order valence-electron chi connectivity index (χ0n) is 8.66. The van der Waals surface area contributed by atoms with Gasteiger partial charge in [0.15, 0.2) is 0 Å². The topological polar surface area (TPSA) is 50.1 Å². The van der Waals surface area contributed by atoms with Crippen molar-refractivity contribution in [3.05, 3.63) is 28.3 Å². The molecule has 0 aromatic heterocycles. The summed E-state index contributed by atoms with van der Waals surface area (Å²) in [5.74, 6) is -0.367. The van der Waals surface area contributed by atoms with Gasteiger partial charge < -0.3 is 4.74 Å². The van der Waals surface area contributed by atoms with Crippen molar-refractivity contribution in [2.24, 2.45) is 0 Å². The maximum Gasteiger partial charge on any atom is 0.310 e. The van der Waals surface area contributed by atoms with Crippen molar-refractivity contribution in [1.82, 2.24) is 0 Å². The van der Waals surface area contributed by atoms with E-state index in [0.29, 0.717) is 27.7 Å².